The summed E-state index contributed by atoms with van der Waals surface area (Å²) in [4.78, 5) is 17.9. The average molecular weight is 429 g/mol. The molecule has 1 fully saturated rings. The third-order valence-electron chi connectivity index (χ3n) is 6.17. The smallest absolute Gasteiger partial charge is 0.410 e. The van der Waals surface area contributed by atoms with Gasteiger partial charge in [0, 0.05) is 29.9 Å². The predicted molar refractivity (Wildman–Crippen MR) is 124 cm³/mol. The van der Waals surface area contributed by atoms with Gasteiger partial charge in [-0.15, -0.1) is 0 Å². The van der Waals surface area contributed by atoms with Crippen molar-refractivity contribution in [2.24, 2.45) is 0 Å². The molecule has 0 bridgehead atoms. The number of hydrogen-bond acceptors (Lipinski definition) is 2. The van der Waals surface area contributed by atoms with Crippen molar-refractivity contribution in [1.29, 1.82) is 0 Å². The van der Waals surface area contributed by atoms with Crippen molar-refractivity contribution in [2.75, 3.05) is 13.1 Å². The van der Waals surface area contributed by atoms with E-state index in [1.54, 1.807) is 4.90 Å². The first-order valence-corrected chi connectivity index (χ1v) is 11.0. The van der Waals surface area contributed by atoms with Crippen molar-refractivity contribution in [2.45, 2.75) is 25.1 Å². The molecule has 0 spiro atoms. The maximum absolute atomic E-state index is 15.3. The number of likely N-dealkylation sites (tertiary alicyclic amines) is 1. The van der Waals surface area contributed by atoms with Gasteiger partial charge in [0.25, 0.3) is 0 Å². The first-order chi connectivity index (χ1) is 15.7. The van der Waals surface area contributed by atoms with E-state index in [0.717, 1.165) is 33.3 Å². The van der Waals surface area contributed by atoms with Gasteiger partial charge in [0.15, 0.2) is 0 Å². The number of nitrogens with zero attached hydrogens (tertiary/aromatic N) is 1. The lowest BCUT2D eigenvalue weighted by molar-refractivity contribution is 0.0696. The number of rotatable bonds is 4. The number of aromatic amines is 1. The summed E-state index contributed by atoms with van der Waals surface area (Å²) in [7, 11) is 0. The van der Waals surface area contributed by atoms with Gasteiger partial charge in [0.05, 0.1) is 5.69 Å². The van der Waals surface area contributed by atoms with Crippen LogP contribution in [0, 0.1) is 0 Å². The van der Waals surface area contributed by atoms with Gasteiger partial charge in [-0.05, 0) is 29.2 Å². The molecule has 0 unspecified atom stereocenters. The highest BCUT2D eigenvalue weighted by Crippen LogP contribution is 2.40. The average Bonchev–Trinajstić information content (AvgIpc) is 3.23. The molecule has 0 saturated carbocycles. The molecule has 2 heterocycles. The van der Waals surface area contributed by atoms with Crippen LogP contribution in [0.4, 0.5) is 9.18 Å². The van der Waals surface area contributed by atoms with Crippen LogP contribution in [0.15, 0.2) is 84.9 Å². The fourth-order valence-electron chi connectivity index (χ4n) is 4.55. The summed E-state index contributed by atoms with van der Waals surface area (Å²) in [6.45, 7) is 0.854. The molecular formula is C27H25FN2O2. The fraction of sp³-hybridized carbons (Fsp3) is 0.222. The first kappa shape index (κ1) is 20.3. The summed E-state index contributed by atoms with van der Waals surface area (Å²) in [5.74, 6) is -0.431. The number of alkyl halides is 1. The lowest BCUT2D eigenvalue weighted by Gasteiger charge is -2.35. The molecule has 1 aromatic heterocycles. The highest BCUT2D eigenvalue weighted by atomic mass is 19.1. The molecule has 1 amide bonds. The molecule has 4 aromatic rings. The molecule has 1 aliphatic rings. The van der Waals surface area contributed by atoms with E-state index in [9.17, 15) is 4.79 Å². The van der Waals surface area contributed by atoms with E-state index >= 15 is 4.39 Å². The quantitative estimate of drug-likeness (QED) is 0.415. The number of benzene rings is 3. The number of amides is 1. The number of nitrogens with one attached hydrogen (secondary N) is 1. The lowest BCUT2D eigenvalue weighted by Crippen LogP contribution is -2.43. The second-order valence-electron chi connectivity index (χ2n) is 8.22. The van der Waals surface area contributed by atoms with E-state index in [-0.39, 0.29) is 13.2 Å². The fourth-order valence-corrected chi connectivity index (χ4v) is 4.55. The zero-order chi connectivity index (χ0) is 21.9. The summed E-state index contributed by atoms with van der Waals surface area (Å²) in [6, 6.07) is 27.5. The molecule has 4 nitrogen and oxygen atoms in total. The van der Waals surface area contributed by atoms with Crippen molar-refractivity contribution < 1.29 is 13.9 Å². The number of carbonyl (C=O) groups is 1. The Morgan fingerprint density at radius 1 is 0.969 bits per heavy atom. The number of para-hydroxylation sites is 1. The third kappa shape index (κ3) is 3.98. The molecule has 162 valence electrons. The summed E-state index contributed by atoms with van der Waals surface area (Å²) in [5.41, 5.74) is 4.76. The Bertz CT molecular complexity index is 1210. The summed E-state index contributed by atoms with van der Waals surface area (Å²) < 4.78 is 20.9. The lowest BCUT2D eigenvalue weighted by atomic mass is 9.86. The van der Waals surface area contributed by atoms with Gasteiger partial charge in [-0.2, -0.15) is 0 Å². The number of piperidine rings is 1. The number of hydrogen-bond donors (Lipinski definition) is 1. The van der Waals surface area contributed by atoms with Crippen molar-refractivity contribution >= 4 is 17.0 Å². The van der Waals surface area contributed by atoms with Gasteiger partial charge in [0.1, 0.15) is 12.8 Å². The minimum atomic E-state index is -1.03. The standard InChI is InChI=1S/C27H25FN2O2/c28-23-15-16-30(27(31)32-18-19-9-3-1-4-10-19)17-22(23)25-21-13-7-8-14-24(21)29-26(25)20-11-5-2-6-12-20/h1-14,22-23,29H,15-18H2/t22-,23-/m0/s1. The van der Waals surface area contributed by atoms with Crippen LogP contribution in [-0.2, 0) is 11.3 Å². The molecule has 5 rings (SSSR count). The van der Waals surface area contributed by atoms with Crippen LogP contribution in [0.5, 0.6) is 0 Å². The van der Waals surface area contributed by atoms with Gasteiger partial charge < -0.3 is 14.6 Å². The zero-order valence-electron chi connectivity index (χ0n) is 17.7. The second kappa shape index (κ2) is 8.87. The minimum absolute atomic E-state index is 0.211. The van der Waals surface area contributed by atoms with E-state index in [2.05, 4.69) is 4.98 Å². The van der Waals surface area contributed by atoms with Crippen LogP contribution in [0.2, 0.25) is 0 Å². The molecule has 32 heavy (non-hydrogen) atoms. The number of aromatic nitrogens is 1. The Hall–Kier alpha value is -3.60. The van der Waals surface area contributed by atoms with Gasteiger partial charge in [0.2, 0.25) is 0 Å². The normalized spacial score (nSPS) is 18.6. The molecule has 1 aliphatic heterocycles. The zero-order valence-corrected chi connectivity index (χ0v) is 17.7. The number of halogens is 1. The van der Waals surface area contributed by atoms with E-state index < -0.39 is 18.2 Å². The Morgan fingerprint density at radius 2 is 1.66 bits per heavy atom. The molecule has 3 aromatic carbocycles. The summed E-state index contributed by atoms with van der Waals surface area (Å²) in [5, 5.41) is 0.999. The molecule has 0 aliphatic carbocycles. The minimum Gasteiger partial charge on any atom is -0.445 e. The molecule has 0 radical (unpaired) electrons. The Morgan fingerprint density at radius 3 is 2.44 bits per heavy atom. The Kier molecular flexibility index (Phi) is 5.63. The second-order valence-corrected chi connectivity index (χ2v) is 8.22. The molecule has 2 atom stereocenters. The van der Waals surface area contributed by atoms with Crippen molar-refractivity contribution in [1.82, 2.24) is 9.88 Å². The Balaban J connectivity index is 1.44. The summed E-state index contributed by atoms with van der Waals surface area (Å²) in [6.07, 6.45) is -1.14. The van der Waals surface area contributed by atoms with E-state index in [4.69, 9.17) is 4.74 Å². The van der Waals surface area contributed by atoms with E-state index in [0.29, 0.717) is 13.0 Å². The predicted octanol–water partition coefficient (Wildman–Crippen LogP) is 6.30. The van der Waals surface area contributed by atoms with Crippen LogP contribution in [0.1, 0.15) is 23.5 Å². The van der Waals surface area contributed by atoms with Crippen LogP contribution < -0.4 is 0 Å². The van der Waals surface area contributed by atoms with Crippen LogP contribution >= 0.6 is 0 Å². The third-order valence-corrected chi connectivity index (χ3v) is 6.17. The SMILES string of the molecule is O=C(OCc1ccccc1)N1CC[C@H](F)[C@@H](c2c(-c3ccccc3)[nH]c3ccccc23)C1. The van der Waals surface area contributed by atoms with Crippen LogP contribution in [0.25, 0.3) is 22.2 Å². The van der Waals surface area contributed by atoms with E-state index in [1.165, 1.54) is 0 Å². The van der Waals surface area contributed by atoms with Crippen LogP contribution in [0.3, 0.4) is 0 Å². The maximum Gasteiger partial charge on any atom is 0.410 e. The molecule has 1 saturated heterocycles. The first-order valence-electron chi connectivity index (χ1n) is 11.0. The van der Waals surface area contributed by atoms with Crippen molar-refractivity contribution in [3.05, 3.63) is 96.1 Å². The summed E-state index contributed by atoms with van der Waals surface area (Å²) >= 11 is 0. The maximum atomic E-state index is 15.3. The van der Waals surface area contributed by atoms with Gasteiger partial charge in [-0.3, -0.25) is 0 Å². The molecule has 5 heteroatoms. The number of carbonyl (C=O) groups excluding carboxylic acids is 1. The van der Waals surface area contributed by atoms with Crippen molar-refractivity contribution in [3.63, 3.8) is 0 Å². The topological polar surface area (TPSA) is 45.3 Å². The molecular weight excluding hydrogens is 403 g/mol. The Labute approximate surface area is 186 Å². The number of fused-ring (bicyclic) bond motifs is 1. The van der Waals surface area contributed by atoms with Gasteiger partial charge >= 0.3 is 6.09 Å². The van der Waals surface area contributed by atoms with Crippen molar-refractivity contribution in [3.8, 4) is 11.3 Å². The number of ether oxygens (including phenoxy) is 1. The number of H-pyrrole nitrogens is 1. The molecule has 1 N–H and O–H groups in total. The van der Waals surface area contributed by atoms with Gasteiger partial charge in [-0.1, -0.05) is 78.9 Å². The highest BCUT2D eigenvalue weighted by Gasteiger charge is 2.36. The van der Waals surface area contributed by atoms with E-state index in [1.807, 2.05) is 84.9 Å². The largest absolute Gasteiger partial charge is 0.445 e. The highest BCUT2D eigenvalue weighted by molar-refractivity contribution is 5.91. The van der Waals surface area contributed by atoms with Gasteiger partial charge in [-0.25, -0.2) is 9.18 Å². The van der Waals surface area contributed by atoms with Crippen LogP contribution in [-0.4, -0.2) is 35.2 Å². The monoisotopic (exact) mass is 428 g/mol.